The smallest absolute Gasteiger partial charge is 0.239 e. The molecule has 0 unspecified atom stereocenters. The van der Waals surface area contributed by atoms with Gasteiger partial charge in [-0.1, -0.05) is 54.9 Å². The van der Waals surface area contributed by atoms with Gasteiger partial charge in [0.15, 0.2) is 9.84 Å². The molecule has 0 heterocycles. The molecule has 0 bridgehead atoms. The van der Waals surface area contributed by atoms with Crippen LogP contribution in [0.15, 0.2) is 53.6 Å². The van der Waals surface area contributed by atoms with Crippen LogP contribution in [0.3, 0.4) is 0 Å². The minimum atomic E-state index is -3.09. The Labute approximate surface area is 152 Å². The predicted molar refractivity (Wildman–Crippen MR) is 101 cm³/mol. The van der Waals surface area contributed by atoms with E-state index >= 15 is 0 Å². The van der Waals surface area contributed by atoms with Gasteiger partial charge in [0.1, 0.15) is 0 Å². The highest BCUT2D eigenvalue weighted by molar-refractivity contribution is 7.89. The van der Waals surface area contributed by atoms with Crippen LogP contribution in [0.5, 0.6) is 0 Å². The van der Waals surface area contributed by atoms with Crippen LogP contribution in [-0.2, 0) is 20.4 Å². The summed E-state index contributed by atoms with van der Waals surface area (Å²) in [6, 6.07) is 14.1. The van der Waals surface area contributed by atoms with Crippen molar-refractivity contribution < 1.29 is 13.2 Å². The molecule has 0 saturated carbocycles. The van der Waals surface area contributed by atoms with E-state index in [9.17, 15) is 13.2 Å². The molecule has 2 rings (SSSR count). The minimum absolute atomic E-state index is 0.0206. The van der Waals surface area contributed by atoms with E-state index in [4.69, 9.17) is 11.6 Å². The second-order valence-corrected chi connectivity index (χ2v) is 8.20. The highest BCUT2D eigenvalue weighted by atomic mass is 35.5. The van der Waals surface area contributed by atoms with Crippen LogP contribution in [0.4, 0.5) is 0 Å². The summed E-state index contributed by atoms with van der Waals surface area (Å²) >= 11 is 5.93. The van der Waals surface area contributed by atoms with E-state index < -0.39 is 9.84 Å². The fourth-order valence-corrected chi connectivity index (χ4v) is 3.09. The highest BCUT2D eigenvalue weighted by Crippen LogP contribution is 2.16. The molecule has 132 valence electrons. The summed E-state index contributed by atoms with van der Waals surface area (Å²) in [5.74, 6) is -0.215. The number of amides is 1. The van der Waals surface area contributed by atoms with E-state index in [0.717, 1.165) is 11.1 Å². The SMILES string of the molecule is CCC(=O)NN=C(c1ccc(Cl)cc1)c1ccc(CS(C)(=O)=O)cc1. The van der Waals surface area contributed by atoms with Crippen LogP contribution in [0.25, 0.3) is 0 Å². The molecule has 0 atom stereocenters. The van der Waals surface area contributed by atoms with Crippen LogP contribution in [0.2, 0.25) is 5.02 Å². The van der Waals surface area contributed by atoms with Gasteiger partial charge in [-0.3, -0.25) is 4.79 Å². The Balaban J connectivity index is 2.37. The maximum Gasteiger partial charge on any atom is 0.239 e. The van der Waals surface area contributed by atoms with Crippen molar-refractivity contribution in [2.45, 2.75) is 19.1 Å². The van der Waals surface area contributed by atoms with Crippen molar-refractivity contribution in [3.63, 3.8) is 0 Å². The fraction of sp³-hybridized carbons (Fsp3) is 0.222. The summed E-state index contributed by atoms with van der Waals surface area (Å²) in [4.78, 5) is 11.5. The molecule has 1 N–H and O–H groups in total. The maximum atomic E-state index is 11.5. The molecule has 0 aliphatic heterocycles. The molecule has 0 aromatic heterocycles. The lowest BCUT2D eigenvalue weighted by Gasteiger charge is -2.09. The van der Waals surface area contributed by atoms with Gasteiger partial charge >= 0.3 is 0 Å². The van der Waals surface area contributed by atoms with E-state index in [1.807, 2.05) is 12.1 Å². The van der Waals surface area contributed by atoms with E-state index in [2.05, 4.69) is 10.5 Å². The lowest BCUT2D eigenvalue weighted by Crippen LogP contribution is -2.19. The molecule has 1 amide bonds. The largest absolute Gasteiger partial charge is 0.273 e. The minimum Gasteiger partial charge on any atom is -0.273 e. The van der Waals surface area contributed by atoms with E-state index in [-0.39, 0.29) is 11.7 Å². The topological polar surface area (TPSA) is 75.6 Å². The Morgan fingerprint density at radius 3 is 2.04 bits per heavy atom. The Bertz CT molecular complexity index is 874. The molecular formula is C18H19ClN2O3S. The second kappa shape index (κ2) is 8.27. The lowest BCUT2D eigenvalue weighted by molar-refractivity contribution is -0.120. The summed E-state index contributed by atoms with van der Waals surface area (Å²) < 4.78 is 22.8. The average molecular weight is 379 g/mol. The second-order valence-electron chi connectivity index (χ2n) is 5.62. The lowest BCUT2D eigenvalue weighted by atomic mass is 10.0. The van der Waals surface area contributed by atoms with Gasteiger partial charge in [-0.05, 0) is 17.7 Å². The Kier molecular flexibility index (Phi) is 6.33. The first-order chi connectivity index (χ1) is 11.8. The first kappa shape index (κ1) is 19.1. The first-order valence-corrected chi connectivity index (χ1v) is 10.1. The quantitative estimate of drug-likeness (QED) is 0.619. The van der Waals surface area contributed by atoms with Gasteiger partial charge in [0.2, 0.25) is 5.91 Å². The molecule has 5 nitrogen and oxygen atoms in total. The Morgan fingerprint density at radius 1 is 1.04 bits per heavy atom. The summed E-state index contributed by atoms with van der Waals surface area (Å²) in [5.41, 5.74) is 5.33. The number of hydrazone groups is 1. The maximum absolute atomic E-state index is 11.5. The van der Waals surface area contributed by atoms with Gasteiger partial charge in [-0.15, -0.1) is 0 Å². The molecule has 2 aromatic rings. The van der Waals surface area contributed by atoms with Crippen molar-refractivity contribution in [1.29, 1.82) is 0 Å². The van der Waals surface area contributed by atoms with Gasteiger partial charge in [0.05, 0.1) is 11.5 Å². The number of carbonyl (C=O) groups excluding carboxylic acids is 1. The summed E-state index contributed by atoms with van der Waals surface area (Å²) in [5, 5.41) is 4.83. The zero-order valence-corrected chi connectivity index (χ0v) is 15.6. The van der Waals surface area contributed by atoms with E-state index in [1.54, 1.807) is 43.3 Å². The van der Waals surface area contributed by atoms with Crippen molar-refractivity contribution in [2.24, 2.45) is 5.10 Å². The van der Waals surface area contributed by atoms with Gasteiger partial charge in [-0.25, -0.2) is 13.8 Å². The van der Waals surface area contributed by atoms with Crippen molar-refractivity contribution in [1.82, 2.24) is 5.43 Å². The number of sulfone groups is 1. The van der Waals surface area contributed by atoms with Gasteiger partial charge in [-0.2, -0.15) is 5.10 Å². The number of nitrogens with zero attached hydrogens (tertiary/aromatic N) is 1. The normalized spacial score (nSPS) is 12.0. The van der Waals surface area contributed by atoms with Crippen molar-refractivity contribution in [2.75, 3.05) is 6.26 Å². The molecule has 0 fully saturated rings. The third kappa shape index (κ3) is 5.99. The first-order valence-electron chi connectivity index (χ1n) is 7.68. The van der Waals surface area contributed by atoms with Crippen LogP contribution in [-0.4, -0.2) is 26.3 Å². The molecular weight excluding hydrogens is 360 g/mol. The molecule has 0 spiro atoms. The molecule has 0 radical (unpaired) electrons. The number of hydrogen-bond acceptors (Lipinski definition) is 4. The molecule has 7 heteroatoms. The van der Waals surface area contributed by atoms with E-state index in [1.165, 1.54) is 6.26 Å². The third-order valence-electron chi connectivity index (χ3n) is 3.39. The van der Waals surface area contributed by atoms with Crippen LogP contribution in [0.1, 0.15) is 30.0 Å². The number of benzene rings is 2. The Hall–Kier alpha value is -2.18. The molecule has 0 aliphatic carbocycles. The molecule has 0 saturated heterocycles. The molecule has 25 heavy (non-hydrogen) atoms. The van der Waals surface area contributed by atoms with E-state index in [0.29, 0.717) is 22.7 Å². The summed E-state index contributed by atoms with van der Waals surface area (Å²) in [6.45, 7) is 1.74. The van der Waals surface area contributed by atoms with Gasteiger partial charge in [0, 0.05) is 28.8 Å². The van der Waals surface area contributed by atoms with Crippen molar-refractivity contribution in [3.05, 3.63) is 70.2 Å². The standard InChI is InChI=1S/C18H19ClN2O3S/c1-3-17(22)20-21-18(15-8-10-16(19)11-9-15)14-6-4-13(5-7-14)12-25(2,23)24/h4-11H,3,12H2,1-2H3,(H,20,22). The monoisotopic (exact) mass is 378 g/mol. The molecule has 2 aromatic carbocycles. The van der Waals surface area contributed by atoms with Crippen LogP contribution in [0, 0.1) is 0 Å². The Morgan fingerprint density at radius 2 is 1.56 bits per heavy atom. The summed E-state index contributed by atoms with van der Waals surface area (Å²) in [6.07, 6.45) is 1.52. The molecule has 0 aliphatic rings. The van der Waals surface area contributed by atoms with Gasteiger partial charge in [0.25, 0.3) is 0 Å². The number of halogens is 1. The van der Waals surface area contributed by atoms with Crippen LogP contribution >= 0.6 is 11.6 Å². The zero-order chi connectivity index (χ0) is 18.4. The van der Waals surface area contributed by atoms with Crippen molar-refractivity contribution in [3.8, 4) is 0 Å². The number of nitrogens with one attached hydrogen (secondary N) is 1. The van der Waals surface area contributed by atoms with Crippen molar-refractivity contribution >= 4 is 33.1 Å². The highest BCUT2D eigenvalue weighted by Gasteiger charge is 2.10. The predicted octanol–water partition coefficient (Wildman–Crippen LogP) is 3.16. The zero-order valence-electron chi connectivity index (χ0n) is 14.0. The fourth-order valence-electron chi connectivity index (χ4n) is 2.16. The van der Waals surface area contributed by atoms with Crippen LogP contribution < -0.4 is 5.43 Å². The average Bonchev–Trinajstić information content (AvgIpc) is 2.56. The summed E-state index contributed by atoms with van der Waals surface area (Å²) in [7, 11) is -3.09. The number of rotatable bonds is 6. The van der Waals surface area contributed by atoms with Gasteiger partial charge < -0.3 is 0 Å². The number of hydrogen-bond donors (Lipinski definition) is 1. The third-order valence-corrected chi connectivity index (χ3v) is 4.50. The number of carbonyl (C=O) groups is 1.